The Morgan fingerprint density at radius 1 is 1.03 bits per heavy atom. The maximum Gasteiger partial charge on any atom is 0.245 e. The van der Waals surface area contributed by atoms with Gasteiger partial charge in [0.25, 0.3) is 0 Å². The van der Waals surface area contributed by atoms with E-state index in [1.54, 1.807) is 12.4 Å². The third-order valence-electron chi connectivity index (χ3n) is 5.80. The van der Waals surface area contributed by atoms with Crippen LogP contribution in [0, 0.1) is 11.7 Å². The molecule has 0 bridgehead atoms. The second-order valence-electron chi connectivity index (χ2n) is 8.12. The Kier molecular flexibility index (Phi) is 7.54. The number of hydrogen-bond donors (Lipinski definition) is 1. The van der Waals surface area contributed by atoms with Crippen LogP contribution in [-0.2, 0) is 28.0 Å². The Morgan fingerprint density at radius 3 is 2.44 bits per heavy atom. The molecule has 4 rings (SSSR count). The minimum Gasteiger partial charge on any atom is -0.489 e. The predicted molar refractivity (Wildman–Crippen MR) is 125 cm³/mol. The molecule has 7 nitrogen and oxygen atoms in total. The van der Waals surface area contributed by atoms with Gasteiger partial charge in [-0.1, -0.05) is 30.3 Å². The molecule has 0 atom stereocenters. The summed E-state index contributed by atoms with van der Waals surface area (Å²) in [5, 5.41) is 2.92. The molecule has 2 heterocycles. The molecule has 1 saturated heterocycles. The number of carbonyl (C=O) groups excluding carboxylic acids is 1. The van der Waals surface area contributed by atoms with Crippen LogP contribution in [0.25, 0.3) is 0 Å². The van der Waals surface area contributed by atoms with E-state index in [9.17, 15) is 17.6 Å². The standard InChI is InChI=1S/C25H26FN3O4S/c26-23-5-1-2-6-24(23)34(31,32)29-14-11-21(12-15-29)25(30)28-17-19-7-9-22(10-8-19)33-18-20-4-3-13-27-16-20/h1-10,13,16,21H,11-12,14-15,17-18H2,(H,28,30). The summed E-state index contributed by atoms with van der Waals surface area (Å²) in [5.41, 5.74) is 1.91. The molecule has 0 aliphatic carbocycles. The van der Waals surface area contributed by atoms with Gasteiger partial charge in [-0.25, -0.2) is 12.8 Å². The summed E-state index contributed by atoms with van der Waals surface area (Å²) >= 11 is 0. The monoisotopic (exact) mass is 483 g/mol. The van der Waals surface area contributed by atoms with Gasteiger partial charge in [-0.3, -0.25) is 9.78 Å². The number of nitrogens with one attached hydrogen (secondary N) is 1. The molecule has 1 aliphatic heterocycles. The Hall–Kier alpha value is -3.30. The zero-order valence-electron chi connectivity index (χ0n) is 18.6. The summed E-state index contributed by atoms with van der Waals surface area (Å²) in [6.45, 7) is 1.15. The first kappa shape index (κ1) is 23.8. The number of carbonyl (C=O) groups is 1. The van der Waals surface area contributed by atoms with E-state index in [-0.39, 0.29) is 29.8 Å². The van der Waals surface area contributed by atoms with Crippen LogP contribution in [0.15, 0.2) is 78.0 Å². The maximum absolute atomic E-state index is 14.0. The Morgan fingerprint density at radius 2 is 1.76 bits per heavy atom. The fourth-order valence-electron chi connectivity index (χ4n) is 3.84. The first-order valence-corrected chi connectivity index (χ1v) is 12.5. The molecule has 0 saturated carbocycles. The van der Waals surface area contributed by atoms with Gasteiger partial charge in [-0.15, -0.1) is 0 Å². The number of nitrogens with zero attached hydrogens (tertiary/aromatic N) is 2. The van der Waals surface area contributed by atoms with Crippen molar-refractivity contribution < 1.29 is 22.3 Å². The lowest BCUT2D eigenvalue weighted by Gasteiger charge is -2.30. The van der Waals surface area contributed by atoms with Crippen molar-refractivity contribution in [2.24, 2.45) is 5.92 Å². The lowest BCUT2D eigenvalue weighted by Crippen LogP contribution is -2.43. The molecule has 1 fully saturated rings. The van der Waals surface area contributed by atoms with Gasteiger partial charge < -0.3 is 10.1 Å². The van der Waals surface area contributed by atoms with Gasteiger partial charge in [-0.2, -0.15) is 4.31 Å². The van der Waals surface area contributed by atoms with Crippen molar-refractivity contribution in [1.82, 2.24) is 14.6 Å². The third kappa shape index (κ3) is 5.78. The highest BCUT2D eigenvalue weighted by Crippen LogP contribution is 2.25. The van der Waals surface area contributed by atoms with E-state index in [0.717, 1.165) is 22.9 Å². The Balaban J connectivity index is 1.24. The summed E-state index contributed by atoms with van der Waals surface area (Å²) < 4.78 is 46.4. The van der Waals surface area contributed by atoms with E-state index in [1.165, 1.54) is 22.5 Å². The minimum absolute atomic E-state index is 0.111. The summed E-state index contributed by atoms with van der Waals surface area (Å²) in [4.78, 5) is 16.3. The molecular formula is C25H26FN3O4S. The lowest BCUT2D eigenvalue weighted by molar-refractivity contribution is -0.126. The smallest absolute Gasteiger partial charge is 0.245 e. The van der Waals surface area contributed by atoms with Crippen molar-refractivity contribution >= 4 is 15.9 Å². The highest BCUT2D eigenvalue weighted by Gasteiger charge is 2.33. The molecule has 0 radical (unpaired) electrons. The summed E-state index contributed by atoms with van der Waals surface area (Å²) in [7, 11) is -3.91. The van der Waals surface area contributed by atoms with Gasteiger partial charge in [-0.05, 0) is 48.7 Å². The van der Waals surface area contributed by atoms with Gasteiger partial charge in [0.1, 0.15) is 23.1 Å². The van der Waals surface area contributed by atoms with Gasteiger partial charge >= 0.3 is 0 Å². The molecule has 1 aromatic heterocycles. The van der Waals surface area contributed by atoms with Crippen molar-refractivity contribution in [1.29, 1.82) is 0 Å². The number of halogens is 1. The average molecular weight is 484 g/mol. The van der Waals surface area contributed by atoms with Crippen LogP contribution in [0.4, 0.5) is 4.39 Å². The van der Waals surface area contributed by atoms with E-state index in [1.807, 2.05) is 36.4 Å². The number of amides is 1. The largest absolute Gasteiger partial charge is 0.489 e. The van der Waals surface area contributed by atoms with Crippen molar-refractivity contribution in [3.05, 3.63) is 90.0 Å². The average Bonchev–Trinajstić information content (AvgIpc) is 2.87. The number of sulfonamides is 1. The Labute approximate surface area is 198 Å². The molecule has 1 N–H and O–H groups in total. The molecule has 9 heteroatoms. The van der Waals surface area contributed by atoms with Gasteiger partial charge in [0.05, 0.1) is 0 Å². The number of piperidine rings is 1. The normalized spacial score (nSPS) is 15.1. The van der Waals surface area contributed by atoms with Crippen molar-refractivity contribution in [3.63, 3.8) is 0 Å². The van der Waals surface area contributed by atoms with Crippen LogP contribution in [0.2, 0.25) is 0 Å². The predicted octanol–water partition coefficient (Wildman–Crippen LogP) is 3.52. The number of pyridine rings is 1. The van der Waals surface area contributed by atoms with E-state index in [0.29, 0.717) is 26.0 Å². The van der Waals surface area contributed by atoms with Crippen molar-refractivity contribution in [2.45, 2.75) is 30.9 Å². The second-order valence-corrected chi connectivity index (χ2v) is 10.0. The van der Waals surface area contributed by atoms with Gasteiger partial charge in [0, 0.05) is 43.5 Å². The maximum atomic E-state index is 14.0. The molecule has 0 spiro atoms. The summed E-state index contributed by atoms with van der Waals surface area (Å²) in [6, 6.07) is 16.6. The highest BCUT2D eigenvalue weighted by molar-refractivity contribution is 7.89. The quantitative estimate of drug-likeness (QED) is 0.530. The molecule has 1 aliphatic rings. The third-order valence-corrected chi connectivity index (χ3v) is 7.73. The fourth-order valence-corrected chi connectivity index (χ4v) is 5.37. The van der Waals surface area contributed by atoms with Crippen molar-refractivity contribution in [2.75, 3.05) is 13.1 Å². The number of benzene rings is 2. The number of hydrogen-bond acceptors (Lipinski definition) is 5. The number of aromatic nitrogens is 1. The first-order chi connectivity index (χ1) is 16.4. The molecule has 178 valence electrons. The van der Waals surface area contributed by atoms with E-state index >= 15 is 0 Å². The van der Waals surface area contributed by atoms with E-state index < -0.39 is 15.8 Å². The Bertz CT molecular complexity index is 1210. The number of rotatable bonds is 8. The molecule has 0 unspecified atom stereocenters. The molecular weight excluding hydrogens is 457 g/mol. The summed E-state index contributed by atoms with van der Waals surface area (Å²) in [6.07, 6.45) is 4.24. The van der Waals surface area contributed by atoms with E-state index in [4.69, 9.17) is 4.74 Å². The topological polar surface area (TPSA) is 88.6 Å². The molecule has 1 amide bonds. The van der Waals surface area contributed by atoms with Gasteiger partial charge in [0.15, 0.2) is 0 Å². The molecule has 2 aromatic carbocycles. The van der Waals surface area contributed by atoms with Crippen LogP contribution in [0.1, 0.15) is 24.0 Å². The van der Waals surface area contributed by atoms with Crippen LogP contribution in [0.5, 0.6) is 5.75 Å². The van der Waals surface area contributed by atoms with Gasteiger partial charge in [0.2, 0.25) is 15.9 Å². The highest BCUT2D eigenvalue weighted by atomic mass is 32.2. The molecule has 3 aromatic rings. The van der Waals surface area contributed by atoms with Crippen LogP contribution in [-0.4, -0.2) is 36.7 Å². The zero-order chi connectivity index (χ0) is 24.0. The second kappa shape index (κ2) is 10.8. The SMILES string of the molecule is O=C(NCc1ccc(OCc2cccnc2)cc1)C1CCN(S(=O)(=O)c2ccccc2F)CC1. The van der Waals surface area contributed by atoms with Crippen LogP contribution >= 0.6 is 0 Å². The number of ether oxygens (including phenoxy) is 1. The molecule has 34 heavy (non-hydrogen) atoms. The van der Waals surface area contributed by atoms with Crippen LogP contribution < -0.4 is 10.1 Å². The zero-order valence-corrected chi connectivity index (χ0v) is 19.4. The van der Waals surface area contributed by atoms with E-state index in [2.05, 4.69) is 10.3 Å². The summed E-state index contributed by atoms with van der Waals surface area (Å²) in [5.74, 6) is -0.438. The first-order valence-electron chi connectivity index (χ1n) is 11.1. The van der Waals surface area contributed by atoms with Crippen LogP contribution in [0.3, 0.4) is 0 Å². The fraction of sp³-hybridized carbons (Fsp3) is 0.280. The lowest BCUT2D eigenvalue weighted by atomic mass is 9.97. The minimum atomic E-state index is -3.91. The van der Waals surface area contributed by atoms with Crippen molar-refractivity contribution in [3.8, 4) is 5.75 Å².